The summed E-state index contributed by atoms with van der Waals surface area (Å²) in [5.74, 6) is -0.498. The maximum Gasteiger partial charge on any atom is 0.341 e. The van der Waals surface area contributed by atoms with Gasteiger partial charge in [0, 0.05) is 0 Å². The second-order valence-electron chi connectivity index (χ2n) is 2.78. The van der Waals surface area contributed by atoms with Crippen LogP contribution in [-0.2, 0) is 4.79 Å². The topological polar surface area (TPSA) is 59.4 Å². The largest absolute Gasteiger partial charge is 0.482 e. The first-order valence-electron chi connectivity index (χ1n) is 4.06. The average molecular weight is 244 g/mol. The Morgan fingerprint density at radius 3 is 3.13 bits per heavy atom. The van der Waals surface area contributed by atoms with Gasteiger partial charge in [-0.1, -0.05) is 11.6 Å². The van der Waals surface area contributed by atoms with Crippen LogP contribution in [0.5, 0.6) is 5.75 Å². The molecule has 0 amide bonds. The molecule has 0 saturated heterocycles. The Labute approximate surface area is 94.1 Å². The van der Waals surface area contributed by atoms with E-state index in [1.807, 2.05) is 0 Å². The highest BCUT2D eigenvalue weighted by Gasteiger charge is 2.04. The zero-order chi connectivity index (χ0) is 10.8. The van der Waals surface area contributed by atoms with Gasteiger partial charge in [-0.25, -0.2) is 9.78 Å². The van der Waals surface area contributed by atoms with Crippen molar-refractivity contribution in [2.24, 2.45) is 0 Å². The summed E-state index contributed by atoms with van der Waals surface area (Å²) in [5, 5.41) is 8.44. The number of aromatic nitrogens is 1. The van der Waals surface area contributed by atoms with Crippen molar-refractivity contribution in [3.63, 3.8) is 0 Å². The van der Waals surface area contributed by atoms with Crippen molar-refractivity contribution < 1.29 is 14.6 Å². The van der Waals surface area contributed by atoms with Gasteiger partial charge in [0.15, 0.2) is 11.1 Å². The molecule has 0 bridgehead atoms. The normalized spacial score (nSPS) is 10.5. The van der Waals surface area contributed by atoms with Gasteiger partial charge in [-0.2, -0.15) is 0 Å². The van der Waals surface area contributed by atoms with E-state index in [0.29, 0.717) is 10.2 Å². The number of carboxylic acid groups (broad SMARTS) is 1. The van der Waals surface area contributed by atoms with E-state index in [1.165, 1.54) is 11.3 Å². The second-order valence-corrected chi connectivity index (χ2v) is 4.39. The lowest BCUT2D eigenvalue weighted by molar-refractivity contribution is -0.139. The molecule has 1 N–H and O–H groups in total. The number of benzene rings is 1. The Balaban J connectivity index is 2.26. The van der Waals surface area contributed by atoms with Crippen molar-refractivity contribution in [1.29, 1.82) is 0 Å². The van der Waals surface area contributed by atoms with Gasteiger partial charge in [0.05, 0.1) is 10.2 Å². The first-order chi connectivity index (χ1) is 7.15. The minimum absolute atomic E-state index is 0.349. The molecule has 4 nitrogen and oxygen atoms in total. The smallest absolute Gasteiger partial charge is 0.341 e. The molecule has 0 spiro atoms. The molecular weight excluding hydrogens is 238 g/mol. The minimum Gasteiger partial charge on any atom is -0.482 e. The van der Waals surface area contributed by atoms with Crippen molar-refractivity contribution in [3.8, 4) is 5.75 Å². The summed E-state index contributed by atoms with van der Waals surface area (Å²) in [6.45, 7) is -0.349. The van der Waals surface area contributed by atoms with E-state index in [1.54, 1.807) is 18.2 Å². The molecule has 0 fully saturated rings. The summed E-state index contributed by atoms with van der Waals surface area (Å²) in [6.07, 6.45) is 0. The zero-order valence-corrected chi connectivity index (χ0v) is 9.01. The molecule has 1 aromatic heterocycles. The minimum atomic E-state index is -1.00. The quantitative estimate of drug-likeness (QED) is 0.899. The van der Waals surface area contributed by atoms with Crippen LogP contribution in [-0.4, -0.2) is 22.7 Å². The second kappa shape index (κ2) is 4.04. The van der Waals surface area contributed by atoms with Crippen LogP contribution < -0.4 is 4.74 Å². The molecule has 15 heavy (non-hydrogen) atoms. The van der Waals surface area contributed by atoms with Crippen LogP contribution in [0.1, 0.15) is 0 Å². The molecule has 0 aliphatic carbocycles. The molecule has 0 aliphatic heterocycles. The Kier molecular flexibility index (Phi) is 2.75. The van der Waals surface area contributed by atoms with Crippen molar-refractivity contribution in [1.82, 2.24) is 4.98 Å². The number of carboxylic acids is 1. The van der Waals surface area contributed by atoms with Crippen LogP contribution in [0.4, 0.5) is 0 Å². The molecule has 0 saturated carbocycles. The third-order valence-electron chi connectivity index (χ3n) is 1.70. The van der Waals surface area contributed by atoms with Gasteiger partial charge in [-0.15, -0.1) is 11.3 Å². The van der Waals surface area contributed by atoms with Gasteiger partial charge in [0.2, 0.25) is 0 Å². The van der Waals surface area contributed by atoms with Crippen LogP contribution in [0.25, 0.3) is 10.2 Å². The number of aliphatic carboxylic acids is 1. The summed E-state index contributed by atoms with van der Waals surface area (Å²) in [7, 11) is 0. The fraction of sp³-hybridized carbons (Fsp3) is 0.111. The Bertz CT molecular complexity index is 511. The molecule has 0 radical (unpaired) electrons. The number of carbonyl (C=O) groups is 1. The summed E-state index contributed by atoms with van der Waals surface area (Å²) in [6, 6.07) is 5.14. The van der Waals surface area contributed by atoms with Crippen molar-refractivity contribution in [2.45, 2.75) is 0 Å². The van der Waals surface area contributed by atoms with Crippen LogP contribution in [0.3, 0.4) is 0 Å². The van der Waals surface area contributed by atoms with Gasteiger partial charge >= 0.3 is 5.97 Å². The molecule has 0 aliphatic rings. The fourth-order valence-electron chi connectivity index (χ4n) is 1.11. The van der Waals surface area contributed by atoms with E-state index < -0.39 is 5.97 Å². The summed E-state index contributed by atoms with van der Waals surface area (Å²) >= 11 is 7.06. The number of fused-ring (bicyclic) bond motifs is 1. The Morgan fingerprint density at radius 1 is 1.60 bits per heavy atom. The number of ether oxygens (including phenoxy) is 1. The number of thiazole rings is 1. The van der Waals surface area contributed by atoms with Gasteiger partial charge in [0.25, 0.3) is 0 Å². The van der Waals surface area contributed by atoms with E-state index in [-0.39, 0.29) is 6.61 Å². The third-order valence-corrected chi connectivity index (χ3v) is 2.82. The van der Waals surface area contributed by atoms with E-state index in [9.17, 15) is 4.79 Å². The number of hydrogen-bond donors (Lipinski definition) is 1. The molecule has 1 heterocycles. The van der Waals surface area contributed by atoms with Gasteiger partial charge < -0.3 is 9.84 Å². The van der Waals surface area contributed by atoms with E-state index in [4.69, 9.17) is 21.4 Å². The number of halogens is 1. The first-order valence-corrected chi connectivity index (χ1v) is 5.25. The van der Waals surface area contributed by atoms with Crippen LogP contribution in [0, 0.1) is 0 Å². The van der Waals surface area contributed by atoms with Crippen molar-refractivity contribution in [3.05, 3.63) is 22.7 Å². The molecule has 6 heteroatoms. The standard InChI is InChI=1S/C9H6ClNO3S/c10-9-11-6-2-1-5(3-7(6)15-9)14-4-8(12)13/h1-3H,4H2,(H,12,13). The maximum absolute atomic E-state index is 10.3. The van der Waals surface area contributed by atoms with E-state index in [2.05, 4.69) is 4.98 Å². The van der Waals surface area contributed by atoms with E-state index >= 15 is 0 Å². The maximum atomic E-state index is 10.3. The lowest BCUT2D eigenvalue weighted by Gasteiger charge is -2.01. The zero-order valence-electron chi connectivity index (χ0n) is 7.44. The Morgan fingerprint density at radius 2 is 2.40 bits per heavy atom. The van der Waals surface area contributed by atoms with Gasteiger partial charge in [-0.3, -0.25) is 0 Å². The number of hydrogen-bond acceptors (Lipinski definition) is 4. The fourth-order valence-corrected chi connectivity index (χ4v) is 2.17. The number of rotatable bonds is 3. The monoisotopic (exact) mass is 243 g/mol. The van der Waals surface area contributed by atoms with E-state index in [0.717, 1.165) is 10.2 Å². The molecule has 2 rings (SSSR count). The van der Waals surface area contributed by atoms with Crippen LogP contribution >= 0.6 is 22.9 Å². The predicted octanol–water partition coefficient (Wildman–Crippen LogP) is 2.41. The van der Waals surface area contributed by atoms with Crippen LogP contribution in [0.2, 0.25) is 4.47 Å². The summed E-state index contributed by atoms with van der Waals surface area (Å²) in [4.78, 5) is 14.3. The Hall–Kier alpha value is -1.33. The molecular formula is C9H6ClNO3S. The van der Waals surface area contributed by atoms with Crippen LogP contribution in [0.15, 0.2) is 18.2 Å². The van der Waals surface area contributed by atoms with Crippen molar-refractivity contribution in [2.75, 3.05) is 6.61 Å². The molecule has 78 valence electrons. The molecule has 0 atom stereocenters. The molecule has 2 aromatic rings. The third kappa shape index (κ3) is 2.37. The average Bonchev–Trinajstić information content (AvgIpc) is 2.53. The highest BCUT2D eigenvalue weighted by Crippen LogP contribution is 2.28. The van der Waals surface area contributed by atoms with Crippen molar-refractivity contribution >= 4 is 39.1 Å². The lowest BCUT2D eigenvalue weighted by Crippen LogP contribution is -2.09. The van der Waals surface area contributed by atoms with Gasteiger partial charge in [-0.05, 0) is 18.2 Å². The number of nitrogens with zero attached hydrogens (tertiary/aromatic N) is 1. The lowest BCUT2D eigenvalue weighted by atomic mass is 10.3. The highest BCUT2D eigenvalue weighted by molar-refractivity contribution is 7.22. The van der Waals surface area contributed by atoms with Gasteiger partial charge in [0.1, 0.15) is 5.75 Å². The SMILES string of the molecule is O=C(O)COc1ccc2nc(Cl)sc2c1. The first kappa shape index (κ1) is 10.2. The summed E-state index contributed by atoms with van der Waals surface area (Å²) < 4.78 is 6.36. The predicted molar refractivity (Wildman–Crippen MR) is 57.8 cm³/mol. The molecule has 0 unspecified atom stereocenters. The summed E-state index contributed by atoms with van der Waals surface area (Å²) in [5.41, 5.74) is 0.785. The molecule has 1 aromatic carbocycles. The highest BCUT2D eigenvalue weighted by atomic mass is 35.5.